The fourth-order valence-corrected chi connectivity index (χ4v) is 8.57. The lowest BCUT2D eigenvalue weighted by Gasteiger charge is -2.60. The number of aliphatic hydroxyl groups is 1. The van der Waals surface area contributed by atoms with Crippen molar-refractivity contribution in [1.29, 1.82) is 0 Å². The van der Waals surface area contributed by atoms with Gasteiger partial charge in [0.05, 0.1) is 11.7 Å². The Morgan fingerprint density at radius 2 is 1.82 bits per heavy atom. The van der Waals surface area contributed by atoms with Crippen LogP contribution >= 0.6 is 0 Å². The molecule has 0 aromatic heterocycles. The van der Waals surface area contributed by atoms with E-state index in [0.717, 1.165) is 0 Å². The van der Waals surface area contributed by atoms with E-state index in [-0.39, 0.29) is 41.9 Å². The van der Waals surface area contributed by atoms with Gasteiger partial charge in [0.25, 0.3) is 0 Å². The Morgan fingerprint density at radius 1 is 1.13 bits per heavy atom. The Labute approximate surface area is 227 Å². The van der Waals surface area contributed by atoms with Crippen molar-refractivity contribution in [2.24, 2.45) is 34.5 Å². The molecule has 1 N–H and O–H groups in total. The van der Waals surface area contributed by atoms with Gasteiger partial charge in [-0.05, 0) is 61.0 Å². The molecule has 0 spiro atoms. The van der Waals surface area contributed by atoms with Crippen LogP contribution in [0.3, 0.4) is 0 Å². The summed E-state index contributed by atoms with van der Waals surface area (Å²) < 4.78 is 27.1. The van der Waals surface area contributed by atoms with E-state index < -0.39 is 59.0 Å². The Bertz CT molecular complexity index is 1270. The number of esters is 2. The molecule has 4 aliphatic rings. The van der Waals surface area contributed by atoms with Crippen molar-refractivity contribution in [2.45, 2.75) is 64.8 Å². The van der Waals surface area contributed by atoms with Crippen LogP contribution in [0.4, 0.5) is 4.39 Å². The minimum Gasteiger partial charge on any atom is -0.458 e. The summed E-state index contributed by atoms with van der Waals surface area (Å²) in [7, 11) is 0. The number of halogens is 1. The molecular formula is C31H35FO7. The van der Waals surface area contributed by atoms with E-state index >= 15 is 4.39 Å². The van der Waals surface area contributed by atoms with Crippen LogP contribution in [-0.2, 0) is 23.9 Å². The van der Waals surface area contributed by atoms with Gasteiger partial charge < -0.3 is 14.6 Å². The number of carbonyl (C=O) groups is 4. The molecule has 0 radical (unpaired) electrons. The predicted octanol–water partition coefficient (Wildman–Crippen LogP) is 4.19. The molecule has 7 nitrogen and oxygen atoms in total. The number of rotatable bonds is 5. The number of hydrogen-bond donors (Lipinski definition) is 1. The maximum atomic E-state index is 15.8. The number of ketones is 2. The van der Waals surface area contributed by atoms with Gasteiger partial charge in [-0.25, -0.2) is 9.18 Å². The smallest absolute Gasteiger partial charge is 0.339 e. The van der Waals surface area contributed by atoms with Gasteiger partial charge in [-0.15, -0.1) is 0 Å². The number of Topliss-reactive ketones (excluding diaryl/α,β-unsaturated/α-hetero) is 1. The molecule has 0 aliphatic heterocycles. The summed E-state index contributed by atoms with van der Waals surface area (Å²) in [4.78, 5) is 51.2. The third kappa shape index (κ3) is 4.01. The highest BCUT2D eigenvalue weighted by Crippen LogP contribution is 2.69. The summed E-state index contributed by atoms with van der Waals surface area (Å²) >= 11 is 0. The van der Waals surface area contributed by atoms with E-state index in [9.17, 15) is 24.3 Å². The summed E-state index contributed by atoms with van der Waals surface area (Å²) in [6, 6.07) is 8.34. The molecule has 9 atom stereocenters. The molecule has 208 valence electrons. The van der Waals surface area contributed by atoms with Crippen LogP contribution in [0, 0.1) is 34.5 Å². The van der Waals surface area contributed by atoms with Crippen molar-refractivity contribution >= 4 is 23.5 Å². The van der Waals surface area contributed by atoms with Crippen LogP contribution in [0.25, 0.3) is 0 Å². The molecule has 0 heterocycles. The Morgan fingerprint density at radius 3 is 2.49 bits per heavy atom. The zero-order chi connectivity index (χ0) is 28.3. The fourth-order valence-electron chi connectivity index (χ4n) is 8.57. The van der Waals surface area contributed by atoms with Gasteiger partial charge in [0.1, 0.15) is 6.17 Å². The van der Waals surface area contributed by atoms with Gasteiger partial charge in [0, 0.05) is 29.6 Å². The lowest BCUT2D eigenvalue weighted by molar-refractivity contribution is -0.188. The molecular weight excluding hydrogens is 503 g/mol. The third-order valence-electron chi connectivity index (χ3n) is 10.1. The number of benzene rings is 1. The van der Waals surface area contributed by atoms with Gasteiger partial charge in [-0.1, -0.05) is 45.0 Å². The van der Waals surface area contributed by atoms with E-state index in [1.807, 2.05) is 20.8 Å². The zero-order valence-corrected chi connectivity index (χ0v) is 22.7. The summed E-state index contributed by atoms with van der Waals surface area (Å²) in [6.07, 6.45) is 2.84. The number of allylic oxidation sites excluding steroid dienone is 4. The lowest BCUT2D eigenvalue weighted by atomic mass is 9.46. The highest BCUT2D eigenvalue weighted by atomic mass is 19.1. The minimum absolute atomic E-state index is 0.0953. The molecule has 8 heteroatoms. The van der Waals surface area contributed by atoms with Crippen LogP contribution in [-0.4, -0.2) is 53.1 Å². The lowest BCUT2D eigenvalue weighted by Crippen LogP contribution is -2.65. The first-order valence-corrected chi connectivity index (χ1v) is 13.6. The second-order valence-corrected chi connectivity index (χ2v) is 12.1. The first-order chi connectivity index (χ1) is 18.3. The van der Waals surface area contributed by atoms with E-state index in [4.69, 9.17) is 9.47 Å². The van der Waals surface area contributed by atoms with Gasteiger partial charge in [-0.2, -0.15) is 0 Å². The Balaban J connectivity index is 1.59. The van der Waals surface area contributed by atoms with Gasteiger partial charge in [-0.3, -0.25) is 14.4 Å². The molecule has 1 aromatic carbocycles. The maximum Gasteiger partial charge on any atom is 0.339 e. The first-order valence-electron chi connectivity index (χ1n) is 13.6. The zero-order valence-electron chi connectivity index (χ0n) is 22.7. The molecule has 5 rings (SSSR count). The average Bonchev–Trinajstić information content (AvgIpc) is 3.10. The minimum atomic E-state index is -1.70. The number of aliphatic hydroxyl groups excluding tert-OH is 1. The van der Waals surface area contributed by atoms with Crippen LogP contribution < -0.4 is 0 Å². The Kier molecular flexibility index (Phi) is 6.69. The largest absolute Gasteiger partial charge is 0.458 e. The van der Waals surface area contributed by atoms with Crippen molar-refractivity contribution in [3.63, 3.8) is 0 Å². The van der Waals surface area contributed by atoms with E-state index in [0.29, 0.717) is 12.0 Å². The fraction of sp³-hybridized carbons (Fsp3) is 0.548. The SMILES string of the molecule is CC(=O)OCC(=O)[C@@]1(OC(=O)c2ccccc2)[C@H](C)C[C@H]2[C@@H]3C[C@H](F)C4=CC(=O)C=C[C@]4(C)[C@H]3C(O)C[C@@]21C. The van der Waals surface area contributed by atoms with Crippen molar-refractivity contribution in [3.8, 4) is 0 Å². The highest BCUT2D eigenvalue weighted by Gasteiger charge is 2.73. The molecule has 1 aromatic rings. The van der Waals surface area contributed by atoms with Crippen molar-refractivity contribution in [2.75, 3.05) is 6.61 Å². The number of ether oxygens (including phenoxy) is 2. The molecule has 3 saturated carbocycles. The molecule has 0 saturated heterocycles. The number of hydrogen-bond acceptors (Lipinski definition) is 7. The molecule has 3 fully saturated rings. The molecule has 1 unspecified atom stereocenters. The van der Waals surface area contributed by atoms with Gasteiger partial charge in [0.15, 0.2) is 18.0 Å². The Hall–Kier alpha value is -3.13. The molecule has 0 bridgehead atoms. The van der Waals surface area contributed by atoms with Crippen molar-refractivity contribution in [1.82, 2.24) is 0 Å². The number of fused-ring (bicyclic) bond motifs is 5. The molecule has 4 aliphatic carbocycles. The van der Waals surface area contributed by atoms with E-state index in [1.54, 1.807) is 36.4 Å². The van der Waals surface area contributed by atoms with Crippen LogP contribution in [0.5, 0.6) is 0 Å². The van der Waals surface area contributed by atoms with Crippen LogP contribution in [0.1, 0.15) is 57.3 Å². The normalized spacial score (nSPS) is 40.6. The summed E-state index contributed by atoms with van der Waals surface area (Å²) in [5.74, 6) is -3.61. The molecule has 39 heavy (non-hydrogen) atoms. The highest BCUT2D eigenvalue weighted by molar-refractivity contribution is 6.01. The van der Waals surface area contributed by atoms with Crippen molar-refractivity contribution in [3.05, 3.63) is 59.7 Å². The van der Waals surface area contributed by atoms with Crippen LogP contribution in [0.2, 0.25) is 0 Å². The van der Waals surface area contributed by atoms with Crippen LogP contribution in [0.15, 0.2) is 54.1 Å². The topological polar surface area (TPSA) is 107 Å². The summed E-state index contributed by atoms with van der Waals surface area (Å²) in [6.45, 7) is 6.16. The third-order valence-corrected chi connectivity index (χ3v) is 10.1. The maximum absolute atomic E-state index is 15.8. The van der Waals surface area contributed by atoms with Gasteiger partial charge >= 0.3 is 11.9 Å². The standard InChI is InChI=1S/C31H35FO7/c1-17-12-22-21-14-24(32)23-13-20(34)10-11-29(23,3)27(21)25(35)15-30(22,4)31(17,26(36)16-38-18(2)33)39-28(37)19-8-6-5-7-9-19/h5-11,13,17,21-22,24-25,27,35H,12,14-16H2,1-4H3/t17-,21+,22+,24+,25?,27-,29+,30+,31+/m1/s1. The first kappa shape index (κ1) is 27.4. The second-order valence-electron chi connectivity index (χ2n) is 12.1. The van der Waals surface area contributed by atoms with E-state index in [1.165, 1.54) is 19.1 Å². The monoisotopic (exact) mass is 538 g/mol. The average molecular weight is 539 g/mol. The number of carbonyl (C=O) groups excluding carboxylic acids is 4. The summed E-state index contributed by atoms with van der Waals surface area (Å²) in [5.41, 5.74) is -2.95. The second kappa shape index (κ2) is 9.51. The predicted molar refractivity (Wildman–Crippen MR) is 139 cm³/mol. The van der Waals surface area contributed by atoms with Gasteiger partial charge in [0.2, 0.25) is 5.78 Å². The molecule has 0 amide bonds. The number of alkyl halides is 1. The quantitative estimate of drug-likeness (QED) is 0.561. The van der Waals surface area contributed by atoms with Crippen molar-refractivity contribution < 1.29 is 38.1 Å². The van der Waals surface area contributed by atoms with E-state index in [2.05, 4.69) is 0 Å². The summed E-state index contributed by atoms with van der Waals surface area (Å²) in [5, 5.41) is 11.7.